The minimum Gasteiger partial charge on any atom is -0.494 e. The van der Waals surface area contributed by atoms with Gasteiger partial charge in [-0.15, -0.1) is 0 Å². The van der Waals surface area contributed by atoms with E-state index in [4.69, 9.17) is 14.2 Å². The molecular formula is C32H30F4O3. The zero-order chi connectivity index (χ0) is 27.8. The van der Waals surface area contributed by atoms with Gasteiger partial charge in [-0.05, 0) is 60.4 Å². The third-order valence-corrected chi connectivity index (χ3v) is 6.16. The lowest BCUT2D eigenvalue weighted by Crippen LogP contribution is -2.02. The summed E-state index contributed by atoms with van der Waals surface area (Å²) in [6.45, 7) is 4.66. The summed E-state index contributed by atoms with van der Waals surface area (Å²) in [6.07, 6.45) is 2.50. The van der Waals surface area contributed by atoms with E-state index in [0.29, 0.717) is 35.8 Å². The lowest BCUT2D eigenvalue weighted by atomic mass is 10.0. The summed E-state index contributed by atoms with van der Waals surface area (Å²) in [6, 6.07) is 18.9. The second kappa shape index (κ2) is 13.2. The van der Waals surface area contributed by atoms with Gasteiger partial charge < -0.3 is 14.2 Å². The first-order valence-electron chi connectivity index (χ1n) is 13.0. The van der Waals surface area contributed by atoms with Gasteiger partial charge in [0.25, 0.3) is 0 Å². The summed E-state index contributed by atoms with van der Waals surface area (Å²) in [5, 5.41) is 0. The van der Waals surface area contributed by atoms with Crippen molar-refractivity contribution in [2.24, 2.45) is 0 Å². The van der Waals surface area contributed by atoms with E-state index in [-0.39, 0.29) is 29.0 Å². The Bertz CT molecular complexity index is 1390. The van der Waals surface area contributed by atoms with Gasteiger partial charge in [0.15, 0.2) is 23.2 Å². The summed E-state index contributed by atoms with van der Waals surface area (Å²) in [7, 11) is 0. The van der Waals surface area contributed by atoms with E-state index in [1.165, 1.54) is 24.3 Å². The van der Waals surface area contributed by atoms with Gasteiger partial charge in [-0.1, -0.05) is 56.7 Å². The van der Waals surface area contributed by atoms with E-state index >= 15 is 0 Å². The smallest absolute Gasteiger partial charge is 0.201 e. The highest BCUT2D eigenvalue weighted by molar-refractivity contribution is 5.67. The van der Waals surface area contributed by atoms with Crippen LogP contribution >= 0.6 is 0 Å². The highest BCUT2D eigenvalue weighted by Gasteiger charge is 2.17. The molecule has 4 rings (SSSR count). The predicted molar refractivity (Wildman–Crippen MR) is 144 cm³/mol. The average Bonchev–Trinajstić information content (AvgIpc) is 2.96. The fourth-order valence-corrected chi connectivity index (χ4v) is 3.96. The van der Waals surface area contributed by atoms with E-state index in [2.05, 4.69) is 0 Å². The molecule has 3 nitrogen and oxygen atoms in total. The minimum absolute atomic E-state index is 0.0509. The van der Waals surface area contributed by atoms with E-state index in [1.54, 1.807) is 48.5 Å². The van der Waals surface area contributed by atoms with Crippen molar-refractivity contribution in [2.75, 3.05) is 13.2 Å². The van der Waals surface area contributed by atoms with Crippen LogP contribution in [0.25, 0.3) is 22.3 Å². The summed E-state index contributed by atoms with van der Waals surface area (Å²) in [4.78, 5) is 0. The normalized spacial score (nSPS) is 10.9. The number of benzene rings is 4. The summed E-state index contributed by atoms with van der Waals surface area (Å²) in [5.41, 5.74) is 1.23. The molecule has 0 atom stereocenters. The number of rotatable bonds is 12. The summed E-state index contributed by atoms with van der Waals surface area (Å²) < 4.78 is 75.3. The molecule has 0 radical (unpaired) electrons. The zero-order valence-electron chi connectivity index (χ0n) is 21.9. The first kappa shape index (κ1) is 28.0. The molecule has 39 heavy (non-hydrogen) atoms. The molecule has 0 aliphatic rings. The van der Waals surface area contributed by atoms with Gasteiger partial charge in [-0.2, -0.15) is 4.39 Å². The number of unbranched alkanes of at least 4 members (excludes halogenated alkanes) is 1. The maximum atomic E-state index is 14.9. The predicted octanol–water partition coefficient (Wildman–Crippen LogP) is 9.12. The molecule has 7 heteroatoms. The maximum absolute atomic E-state index is 14.9. The van der Waals surface area contributed by atoms with Crippen LogP contribution in [0.15, 0.2) is 72.8 Å². The van der Waals surface area contributed by atoms with Crippen molar-refractivity contribution in [3.05, 3.63) is 102 Å². The second-order valence-corrected chi connectivity index (χ2v) is 9.03. The first-order chi connectivity index (χ1) is 18.9. The SMILES string of the molecule is CCCCOc1ccc(-c2ccc(OCc3ccc(-c4ccc(OCCC)cc4)c(F)c3F)cc2)c(F)c1F. The van der Waals surface area contributed by atoms with Crippen molar-refractivity contribution in [2.45, 2.75) is 39.7 Å². The highest BCUT2D eigenvalue weighted by atomic mass is 19.2. The zero-order valence-corrected chi connectivity index (χ0v) is 21.9. The molecule has 0 saturated carbocycles. The van der Waals surface area contributed by atoms with Crippen molar-refractivity contribution < 1.29 is 31.8 Å². The van der Waals surface area contributed by atoms with Crippen molar-refractivity contribution >= 4 is 0 Å². The Morgan fingerprint density at radius 1 is 0.513 bits per heavy atom. The van der Waals surface area contributed by atoms with Crippen LogP contribution in [0.4, 0.5) is 17.6 Å². The first-order valence-corrected chi connectivity index (χ1v) is 13.0. The van der Waals surface area contributed by atoms with Gasteiger partial charge in [-0.3, -0.25) is 0 Å². The van der Waals surface area contributed by atoms with Gasteiger partial charge in [0.1, 0.15) is 18.1 Å². The van der Waals surface area contributed by atoms with Gasteiger partial charge in [0, 0.05) is 16.7 Å². The Labute approximate surface area is 226 Å². The van der Waals surface area contributed by atoms with Crippen LogP contribution in [0, 0.1) is 23.3 Å². The standard InChI is InChI=1S/C32H30F4O3/c1-3-5-19-38-28-17-16-27(31(35)32(28)36)22-8-13-25(14-9-22)39-20-23-10-15-26(30(34)29(23)33)21-6-11-24(12-7-21)37-18-4-2/h6-17H,3-5,18-20H2,1-2H3. The summed E-state index contributed by atoms with van der Waals surface area (Å²) in [5.74, 6) is -3.08. The van der Waals surface area contributed by atoms with Gasteiger partial charge in [-0.25, -0.2) is 13.2 Å². The van der Waals surface area contributed by atoms with Crippen LogP contribution in [0.3, 0.4) is 0 Å². The maximum Gasteiger partial charge on any atom is 0.201 e. The molecule has 0 saturated heterocycles. The van der Waals surface area contributed by atoms with Crippen LogP contribution in [-0.2, 0) is 6.61 Å². The fraction of sp³-hybridized carbons (Fsp3) is 0.250. The molecule has 0 N–H and O–H groups in total. The lowest BCUT2D eigenvalue weighted by Gasteiger charge is -2.12. The number of ether oxygens (including phenoxy) is 3. The minimum atomic E-state index is -1.04. The third kappa shape index (κ3) is 6.72. The van der Waals surface area contributed by atoms with Crippen molar-refractivity contribution in [3.63, 3.8) is 0 Å². The number of halogens is 4. The Hall–Kier alpha value is -4.00. The van der Waals surface area contributed by atoms with Crippen LogP contribution < -0.4 is 14.2 Å². The van der Waals surface area contributed by atoms with Gasteiger partial charge >= 0.3 is 0 Å². The molecular weight excluding hydrogens is 508 g/mol. The Balaban J connectivity index is 1.42. The largest absolute Gasteiger partial charge is 0.494 e. The second-order valence-electron chi connectivity index (χ2n) is 9.03. The monoisotopic (exact) mass is 538 g/mol. The van der Waals surface area contributed by atoms with Crippen molar-refractivity contribution in [1.82, 2.24) is 0 Å². The average molecular weight is 539 g/mol. The topological polar surface area (TPSA) is 27.7 Å². The molecule has 0 aliphatic carbocycles. The molecule has 0 spiro atoms. The van der Waals surface area contributed by atoms with Gasteiger partial charge in [0.2, 0.25) is 5.82 Å². The van der Waals surface area contributed by atoms with E-state index in [1.807, 2.05) is 13.8 Å². The third-order valence-electron chi connectivity index (χ3n) is 6.16. The van der Waals surface area contributed by atoms with Crippen molar-refractivity contribution in [1.29, 1.82) is 0 Å². The van der Waals surface area contributed by atoms with Crippen LogP contribution in [-0.4, -0.2) is 13.2 Å². The van der Waals surface area contributed by atoms with E-state index < -0.39 is 23.3 Å². The molecule has 0 unspecified atom stereocenters. The Kier molecular flexibility index (Phi) is 9.47. The molecule has 0 aromatic heterocycles. The quantitative estimate of drug-likeness (QED) is 0.133. The van der Waals surface area contributed by atoms with E-state index in [9.17, 15) is 17.6 Å². The highest BCUT2D eigenvalue weighted by Crippen LogP contribution is 2.32. The lowest BCUT2D eigenvalue weighted by molar-refractivity contribution is 0.289. The number of hydrogen-bond acceptors (Lipinski definition) is 3. The Morgan fingerprint density at radius 3 is 1.67 bits per heavy atom. The molecule has 4 aromatic carbocycles. The number of hydrogen-bond donors (Lipinski definition) is 0. The van der Waals surface area contributed by atoms with Gasteiger partial charge in [0.05, 0.1) is 13.2 Å². The van der Waals surface area contributed by atoms with Crippen LogP contribution in [0.5, 0.6) is 17.2 Å². The molecule has 204 valence electrons. The molecule has 0 heterocycles. The van der Waals surface area contributed by atoms with Crippen LogP contribution in [0.1, 0.15) is 38.7 Å². The van der Waals surface area contributed by atoms with E-state index in [0.717, 1.165) is 19.3 Å². The molecule has 0 bridgehead atoms. The fourth-order valence-electron chi connectivity index (χ4n) is 3.96. The molecule has 0 fully saturated rings. The molecule has 0 amide bonds. The van der Waals surface area contributed by atoms with Crippen molar-refractivity contribution in [3.8, 4) is 39.5 Å². The van der Waals surface area contributed by atoms with Crippen LogP contribution in [0.2, 0.25) is 0 Å². The molecule has 0 aliphatic heterocycles. The molecule has 4 aromatic rings. The Morgan fingerprint density at radius 2 is 1.08 bits per heavy atom. The summed E-state index contributed by atoms with van der Waals surface area (Å²) >= 11 is 0.